The molecule has 1 aliphatic rings. The van der Waals surface area contributed by atoms with Gasteiger partial charge in [0.1, 0.15) is 5.82 Å². The topological polar surface area (TPSA) is 67.5 Å². The number of carbonyl (C=O) groups is 1. The predicted molar refractivity (Wildman–Crippen MR) is 134 cm³/mol. The summed E-state index contributed by atoms with van der Waals surface area (Å²) in [6.07, 6.45) is 8.21. The Morgan fingerprint density at radius 1 is 1.03 bits per heavy atom. The lowest BCUT2D eigenvalue weighted by Crippen LogP contribution is -2.48. The summed E-state index contributed by atoms with van der Waals surface area (Å²) in [5.41, 5.74) is 1.68. The van der Waals surface area contributed by atoms with Crippen LogP contribution in [0, 0.1) is 5.82 Å². The Bertz CT molecular complexity index is 1220. The SMILES string of the molecule is CC.CC.CC1(NC(=O)c2ccn(-c3ccc(F)cc3)n2)CCN(c2nccn3cccc23)C1. The van der Waals surface area contributed by atoms with Gasteiger partial charge in [-0.3, -0.25) is 4.79 Å². The summed E-state index contributed by atoms with van der Waals surface area (Å²) in [6, 6.07) is 11.7. The van der Waals surface area contributed by atoms with Gasteiger partial charge in [-0.2, -0.15) is 5.10 Å². The second kappa shape index (κ2) is 11.0. The fraction of sp³-hybridized carbons (Fsp3) is 0.346. The molecule has 5 rings (SSSR count). The van der Waals surface area contributed by atoms with Gasteiger partial charge in [0.2, 0.25) is 0 Å². The molecule has 0 bridgehead atoms. The average Bonchev–Trinajstić information content (AvgIpc) is 3.62. The third-order valence-electron chi connectivity index (χ3n) is 5.53. The quantitative estimate of drug-likeness (QED) is 0.456. The molecule has 1 unspecified atom stereocenters. The first-order valence-corrected chi connectivity index (χ1v) is 11.8. The highest BCUT2D eigenvalue weighted by Crippen LogP contribution is 2.28. The smallest absolute Gasteiger partial charge is 0.272 e. The molecule has 8 heteroatoms. The van der Waals surface area contributed by atoms with Crippen LogP contribution in [0.1, 0.15) is 51.5 Å². The molecule has 180 valence electrons. The lowest BCUT2D eigenvalue weighted by molar-refractivity contribution is 0.0908. The molecule has 1 atom stereocenters. The molecule has 0 spiro atoms. The summed E-state index contributed by atoms with van der Waals surface area (Å²) in [5, 5.41) is 7.48. The van der Waals surface area contributed by atoms with Crippen LogP contribution >= 0.6 is 0 Å². The minimum absolute atomic E-state index is 0.228. The van der Waals surface area contributed by atoms with E-state index in [-0.39, 0.29) is 11.7 Å². The zero-order chi connectivity index (χ0) is 24.7. The molecular weight excluding hydrogens is 431 g/mol. The van der Waals surface area contributed by atoms with Gasteiger partial charge in [0.25, 0.3) is 5.91 Å². The molecule has 4 heterocycles. The van der Waals surface area contributed by atoms with Crippen molar-refractivity contribution in [3.8, 4) is 5.69 Å². The maximum absolute atomic E-state index is 13.1. The Labute approximate surface area is 200 Å². The largest absolute Gasteiger partial charge is 0.352 e. The van der Waals surface area contributed by atoms with Crippen LogP contribution in [0.5, 0.6) is 0 Å². The normalized spacial score (nSPS) is 16.9. The van der Waals surface area contributed by atoms with Crippen LogP contribution in [0.15, 0.2) is 67.3 Å². The van der Waals surface area contributed by atoms with E-state index in [9.17, 15) is 9.18 Å². The van der Waals surface area contributed by atoms with Crippen molar-refractivity contribution in [3.63, 3.8) is 0 Å². The van der Waals surface area contributed by atoms with Crippen molar-refractivity contribution in [2.24, 2.45) is 0 Å². The van der Waals surface area contributed by atoms with Crippen molar-refractivity contribution in [2.45, 2.75) is 46.6 Å². The molecule has 1 amide bonds. The van der Waals surface area contributed by atoms with Crippen molar-refractivity contribution < 1.29 is 9.18 Å². The number of halogens is 1. The number of fused-ring (bicyclic) bond motifs is 1. The number of hydrogen-bond donors (Lipinski definition) is 1. The van der Waals surface area contributed by atoms with Crippen molar-refractivity contribution >= 4 is 17.2 Å². The molecule has 4 aromatic rings. The Balaban J connectivity index is 0.000000771. The Kier molecular flexibility index (Phi) is 8.04. The average molecular weight is 465 g/mol. The molecule has 34 heavy (non-hydrogen) atoms. The van der Waals surface area contributed by atoms with E-state index in [1.807, 2.05) is 63.5 Å². The van der Waals surface area contributed by atoms with Gasteiger partial charge in [-0.25, -0.2) is 14.1 Å². The molecule has 0 aliphatic carbocycles. The standard InChI is InChI=1S/C22H21FN6O.2C2H6/c1-22(9-13-28(15-22)20-19-3-2-11-27(19)14-10-24-20)25-21(30)18-8-12-29(26-18)17-6-4-16(23)5-7-17;2*1-2/h2-8,10-12,14H,9,13,15H2,1H3,(H,25,30);2*1-2H3. The zero-order valence-corrected chi connectivity index (χ0v) is 20.5. The first-order chi connectivity index (χ1) is 16.5. The van der Waals surface area contributed by atoms with Crippen LogP contribution in [0.3, 0.4) is 0 Å². The Hall–Kier alpha value is -3.68. The summed E-state index contributed by atoms with van der Waals surface area (Å²) in [6.45, 7) is 11.5. The summed E-state index contributed by atoms with van der Waals surface area (Å²) >= 11 is 0. The number of carbonyl (C=O) groups excluding carboxylic acids is 1. The minimum atomic E-state index is -0.391. The Morgan fingerprint density at radius 3 is 2.50 bits per heavy atom. The van der Waals surface area contributed by atoms with E-state index in [0.717, 1.165) is 24.3 Å². The van der Waals surface area contributed by atoms with Gasteiger partial charge in [0.05, 0.1) is 16.7 Å². The summed E-state index contributed by atoms with van der Waals surface area (Å²) < 4.78 is 16.7. The highest BCUT2D eigenvalue weighted by atomic mass is 19.1. The van der Waals surface area contributed by atoms with Gasteiger partial charge in [0.15, 0.2) is 11.5 Å². The third kappa shape index (κ3) is 5.27. The molecule has 3 aromatic heterocycles. The monoisotopic (exact) mass is 464 g/mol. The number of hydrogen-bond acceptors (Lipinski definition) is 4. The number of benzene rings is 1. The maximum Gasteiger partial charge on any atom is 0.272 e. The van der Waals surface area contributed by atoms with Crippen molar-refractivity contribution in [3.05, 3.63) is 78.8 Å². The van der Waals surface area contributed by atoms with E-state index in [1.165, 1.54) is 12.1 Å². The van der Waals surface area contributed by atoms with Crippen LogP contribution < -0.4 is 10.2 Å². The summed E-state index contributed by atoms with van der Waals surface area (Å²) in [7, 11) is 0. The maximum atomic E-state index is 13.1. The van der Waals surface area contributed by atoms with Crippen LogP contribution in [0.4, 0.5) is 10.2 Å². The molecular formula is C26H33FN6O. The van der Waals surface area contributed by atoms with Gasteiger partial charge >= 0.3 is 0 Å². The Morgan fingerprint density at radius 2 is 1.76 bits per heavy atom. The molecule has 0 radical (unpaired) electrons. The van der Waals surface area contributed by atoms with Gasteiger partial charge in [0, 0.05) is 37.9 Å². The first kappa shape index (κ1) is 25.0. The first-order valence-electron chi connectivity index (χ1n) is 11.8. The van der Waals surface area contributed by atoms with E-state index < -0.39 is 5.54 Å². The predicted octanol–water partition coefficient (Wildman–Crippen LogP) is 5.11. The number of amides is 1. The summed E-state index contributed by atoms with van der Waals surface area (Å²) in [5.74, 6) is 0.378. The third-order valence-corrected chi connectivity index (χ3v) is 5.53. The van der Waals surface area contributed by atoms with Crippen molar-refractivity contribution in [2.75, 3.05) is 18.0 Å². The van der Waals surface area contributed by atoms with Gasteiger partial charge in [-0.1, -0.05) is 27.7 Å². The molecule has 1 aliphatic heterocycles. The van der Waals surface area contributed by atoms with Crippen molar-refractivity contribution in [1.82, 2.24) is 24.5 Å². The van der Waals surface area contributed by atoms with Crippen LogP contribution in [-0.4, -0.2) is 43.7 Å². The lowest BCUT2D eigenvalue weighted by Gasteiger charge is -2.26. The van der Waals surface area contributed by atoms with Gasteiger partial charge < -0.3 is 14.6 Å². The molecule has 7 nitrogen and oxygen atoms in total. The van der Waals surface area contributed by atoms with Crippen LogP contribution in [0.2, 0.25) is 0 Å². The summed E-state index contributed by atoms with van der Waals surface area (Å²) in [4.78, 5) is 19.6. The van der Waals surface area contributed by atoms with E-state index in [0.29, 0.717) is 17.9 Å². The highest BCUT2D eigenvalue weighted by Gasteiger charge is 2.36. The van der Waals surface area contributed by atoms with Gasteiger partial charge in [-0.15, -0.1) is 0 Å². The van der Waals surface area contributed by atoms with E-state index in [4.69, 9.17) is 0 Å². The lowest BCUT2D eigenvalue weighted by atomic mass is 10.0. The molecule has 1 aromatic carbocycles. The van der Waals surface area contributed by atoms with E-state index >= 15 is 0 Å². The minimum Gasteiger partial charge on any atom is -0.352 e. The molecule has 1 N–H and O–H groups in total. The zero-order valence-electron chi connectivity index (χ0n) is 20.5. The highest BCUT2D eigenvalue weighted by molar-refractivity contribution is 5.92. The second-order valence-electron chi connectivity index (χ2n) is 7.86. The fourth-order valence-electron chi connectivity index (χ4n) is 3.96. The number of rotatable bonds is 4. The van der Waals surface area contributed by atoms with Crippen LogP contribution in [0.25, 0.3) is 11.2 Å². The second-order valence-corrected chi connectivity index (χ2v) is 7.86. The fourth-order valence-corrected chi connectivity index (χ4v) is 3.96. The molecule has 1 saturated heterocycles. The number of anilines is 1. The molecule has 1 fully saturated rings. The number of nitrogens with one attached hydrogen (secondary N) is 1. The van der Waals surface area contributed by atoms with Crippen LogP contribution in [-0.2, 0) is 0 Å². The number of nitrogens with zero attached hydrogens (tertiary/aromatic N) is 5. The van der Waals surface area contributed by atoms with Gasteiger partial charge in [-0.05, 0) is 55.8 Å². The number of aromatic nitrogens is 4. The van der Waals surface area contributed by atoms with Crippen molar-refractivity contribution in [1.29, 1.82) is 0 Å². The molecule has 0 saturated carbocycles. The van der Waals surface area contributed by atoms with E-state index in [1.54, 1.807) is 35.3 Å². The van der Waals surface area contributed by atoms with E-state index in [2.05, 4.69) is 20.3 Å².